The Morgan fingerprint density at radius 2 is 1.75 bits per heavy atom. The Labute approximate surface area is 167 Å². The third-order valence-electron chi connectivity index (χ3n) is 6.59. The largest absolute Gasteiger partial charge is 0.481 e. The molecule has 2 fully saturated rings. The predicted molar refractivity (Wildman–Crippen MR) is 105 cm³/mol. The van der Waals surface area contributed by atoms with Gasteiger partial charge in [-0.25, -0.2) is 0 Å². The fourth-order valence-electron chi connectivity index (χ4n) is 5.09. The summed E-state index contributed by atoms with van der Waals surface area (Å²) in [6, 6.07) is 0.252. The maximum atomic E-state index is 13.1. The third kappa shape index (κ3) is 2.96. The van der Waals surface area contributed by atoms with E-state index in [0.29, 0.717) is 10.6 Å². The molecule has 1 aromatic rings. The Kier molecular flexibility index (Phi) is 4.30. The minimum absolute atomic E-state index is 0.0237. The van der Waals surface area contributed by atoms with Crippen molar-refractivity contribution in [3.05, 3.63) is 28.2 Å². The van der Waals surface area contributed by atoms with Gasteiger partial charge in [0.25, 0.3) is 5.91 Å². The molecule has 2 bridgehead atoms. The van der Waals surface area contributed by atoms with E-state index >= 15 is 0 Å². The number of carboxylic acids is 1. The first-order valence-electron chi connectivity index (χ1n) is 10.2. The van der Waals surface area contributed by atoms with Crippen molar-refractivity contribution < 1.29 is 19.5 Å². The number of amides is 2. The topological polar surface area (TPSA) is 95.5 Å². The summed E-state index contributed by atoms with van der Waals surface area (Å²) in [7, 11) is 0. The molecule has 0 spiro atoms. The van der Waals surface area contributed by atoms with Crippen molar-refractivity contribution in [1.29, 1.82) is 0 Å². The minimum Gasteiger partial charge on any atom is -0.481 e. The molecule has 3 N–H and O–H groups in total. The molecule has 7 heteroatoms. The van der Waals surface area contributed by atoms with Crippen molar-refractivity contribution in [2.24, 2.45) is 23.7 Å². The molecule has 2 amide bonds. The standard InChI is InChI=1S/C21H24N2O4S/c24-18(15-10-5-6-11(9-10)16(15)21(26)27)23-20-17(19(25)22-12-7-8-12)13-3-1-2-4-14(13)28-20/h5-6,10-12,15-16H,1-4,7-9H2,(H,22,25)(H,23,24)(H,26,27)/t10-,11-,15+,16-/m0/s1. The van der Waals surface area contributed by atoms with Crippen molar-refractivity contribution in [3.8, 4) is 0 Å². The van der Waals surface area contributed by atoms with Gasteiger partial charge in [-0.15, -0.1) is 11.3 Å². The first kappa shape index (κ1) is 17.9. The van der Waals surface area contributed by atoms with E-state index in [9.17, 15) is 19.5 Å². The van der Waals surface area contributed by atoms with Crippen LogP contribution in [-0.4, -0.2) is 28.9 Å². The fraction of sp³-hybridized carbons (Fsp3) is 0.571. The normalized spacial score (nSPS) is 30.1. The highest BCUT2D eigenvalue weighted by Gasteiger charge is 2.51. The highest BCUT2D eigenvalue weighted by Crippen LogP contribution is 2.49. The lowest BCUT2D eigenvalue weighted by atomic mass is 9.82. The molecular formula is C21H24N2O4S. The second-order valence-electron chi connectivity index (χ2n) is 8.49. The second kappa shape index (κ2) is 6.72. The first-order valence-corrected chi connectivity index (χ1v) is 11.0. The van der Waals surface area contributed by atoms with Crippen LogP contribution in [0.5, 0.6) is 0 Å². The van der Waals surface area contributed by atoms with Crippen LogP contribution in [0.3, 0.4) is 0 Å². The monoisotopic (exact) mass is 400 g/mol. The summed E-state index contributed by atoms with van der Waals surface area (Å²) in [5.41, 5.74) is 1.69. The predicted octanol–water partition coefficient (Wildman–Crippen LogP) is 2.98. The lowest BCUT2D eigenvalue weighted by molar-refractivity contribution is -0.146. The van der Waals surface area contributed by atoms with Crippen molar-refractivity contribution in [3.63, 3.8) is 0 Å². The lowest BCUT2D eigenvalue weighted by Gasteiger charge is -2.23. The van der Waals surface area contributed by atoms with E-state index in [2.05, 4.69) is 10.6 Å². The second-order valence-corrected chi connectivity index (χ2v) is 9.60. The van der Waals surface area contributed by atoms with E-state index in [0.717, 1.165) is 50.5 Å². The maximum absolute atomic E-state index is 13.1. The number of rotatable bonds is 5. The summed E-state index contributed by atoms with van der Waals surface area (Å²) < 4.78 is 0. The van der Waals surface area contributed by atoms with E-state index in [1.54, 1.807) is 0 Å². The van der Waals surface area contributed by atoms with Crippen molar-refractivity contribution in [2.45, 2.75) is 51.0 Å². The Morgan fingerprint density at radius 1 is 1.04 bits per heavy atom. The molecule has 0 radical (unpaired) electrons. The number of thiophene rings is 1. The number of nitrogens with one attached hydrogen (secondary N) is 2. The zero-order valence-corrected chi connectivity index (χ0v) is 16.4. The number of hydrogen-bond acceptors (Lipinski definition) is 4. The lowest BCUT2D eigenvalue weighted by Crippen LogP contribution is -2.36. The van der Waals surface area contributed by atoms with Crippen LogP contribution in [0.4, 0.5) is 5.00 Å². The third-order valence-corrected chi connectivity index (χ3v) is 7.80. The molecule has 0 saturated heterocycles. The summed E-state index contributed by atoms with van der Waals surface area (Å²) in [6.07, 6.45) is 10.6. The Bertz CT molecular complexity index is 885. The van der Waals surface area contributed by atoms with Gasteiger partial charge < -0.3 is 15.7 Å². The molecule has 0 aliphatic heterocycles. The molecule has 4 atom stereocenters. The van der Waals surface area contributed by atoms with Gasteiger partial charge in [-0.2, -0.15) is 0 Å². The zero-order valence-electron chi connectivity index (χ0n) is 15.6. The molecule has 148 valence electrons. The summed E-state index contributed by atoms with van der Waals surface area (Å²) >= 11 is 1.50. The number of carbonyl (C=O) groups excluding carboxylic acids is 2. The number of aliphatic carboxylic acids is 1. The van der Waals surface area contributed by atoms with Crippen molar-refractivity contribution in [2.75, 3.05) is 5.32 Å². The molecular weight excluding hydrogens is 376 g/mol. The van der Waals surface area contributed by atoms with Gasteiger partial charge in [-0.3, -0.25) is 14.4 Å². The summed E-state index contributed by atoms with van der Waals surface area (Å²) in [6.45, 7) is 0. The molecule has 28 heavy (non-hydrogen) atoms. The molecule has 0 unspecified atom stereocenters. The van der Waals surface area contributed by atoms with Gasteiger partial charge in [0.15, 0.2) is 0 Å². The van der Waals surface area contributed by atoms with E-state index in [-0.39, 0.29) is 29.7 Å². The van der Waals surface area contributed by atoms with E-state index in [4.69, 9.17) is 0 Å². The zero-order chi connectivity index (χ0) is 19.4. The Morgan fingerprint density at radius 3 is 2.46 bits per heavy atom. The quantitative estimate of drug-likeness (QED) is 0.662. The van der Waals surface area contributed by atoms with Crippen LogP contribution in [0.2, 0.25) is 0 Å². The Hall–Kier alpha value is -2.15. The van der Waals surface area contributed by atoms with Crippen LogP contribution in [-0.2, 0) is 22.4 Å². The SMILES string of the molecule is O=C(NC1CC1)c1c(NC(=O)[C@H]2[C@@H](C(=O)O)[C@H]3C=C[C@H]2C3)sc2c1CCCC2. The van der Waals surface area contributed by atoms with Gasteiger partial charge in [-0.05, 0) is 62.3 Å². The van der Waals surface area contributed by atoms with E-state index in [1.165, 1.54) is 16.2 Å². The molecule has 6 nitrogen and oxygen atoms in total. The van der Waals surface area contributed by atoms with Gasteiger partial charge in [0.1, 0.15) is 5.00 Å². The molecule has 0 aromatic carbocycles. The molecule has 2 saturated carbocycles. The average Bonchev–Trinajstić information content (AvgIpc) is 3.10. The van der Waals surface area contributed by atoms with Crippen LogP contribution in [0, 0.1) is 23.7 Å². The molecule has 5 rings (SSSR count). The van der Waals surface area contributed by atoms with Crippen LogP contribution in [0.25, 0.3) is 0 Å². The van der Waals surface area contributed by atoms with Gasteiger partial charge in [0.2, 0.25) is 5.91 Å². The van der Waals surface area contributed by atoms with Crippen LogP contribution >= 0.6 is 11.3 Å². The number of carboxylic acid groups (broad SMARTS) is 1. The summed E-state index contributed by atoms with van der Waals surface area (Å²) in [5.74, 6) is -2.59. The van der Waals surface area contributed by atoms with Crippen molar-refractivity contribution >= 4 is 34.1 Å². The highest BCUT2D eigenvalue weighted by molar-refractivity contribution is 7.17. The first-order chi connectivity index (χ1) is 13.5. The van der Waals surface area contributed by atoms with Crippen LogP contribution in [0.1, 0.15) is 52.9 Å². The number of allylic oxidation sites excluding steroid dienone is 2. The number of hydrogen-bond donors (Lipinski definition) is 3. The Balaban J connectivity index is 1.43. The minimum atomic E-state index is -0.908. The molecule has 4 aliphatic rings. The summed E-state index contributed by atoms with van der Waals surface area (Å²) in [5, 5.41) is 16.3. The number of anilines is 1. The van der Waals surface area contributed by atoms with Crippen molar-refractivity contribution in [1.82, 2.24) is 5.32 Å². The fourth-order valence-corrected chi connectivity index (χ4v) is 6.38. The van der Waals surface area contributed by atoms with Gasteiger partial charge >= 0.3 is 5.97 Å². The van der Waals surface area contributed by atoms with Crippen LogP contribution in [0.15, 0.2) is 12.2 Å². The molecule has 4 aliphatic carbocycles. The molecule has 1 aromatic heterocycles. The molecule has 1 heterocycles. The van der Waals surface area contributed by atoms with Gasteiger partial charge in [0, 0.05) is 10.9 Å². The summed E-state index contributed by atoms with van der Waals surface area (Å²) in [4.78, 5) is 38.9. The van der Waals surface area contributed by atoms with Gasteiger partial charge in [-0.1, -0.05) is 12.2 Å². The maximum Gasteiger partial charge on any atom is 0.307 e. The number of fused-ring (bicyclic) bond motifs is 3. The van der Waals surface area contributed by atoms with E-state index in [1.807, 2.05) is 12.2 Å². The van der Waals surface area contributed by atoms with Gasteiger partial charge in [0.05, 0.1) is 17.4 Å². The smallest absolute Gasteiger partial charge is 0.307 e. The van der Waals surface area contributed by atoms with Crippen LogP contribution < -0.4 is 10.6 Å². The van der Waals surface area contributed by atoms with E-state index < -0.39 is 17.8 Å². The number of carbonyl (C=O) groups is 3. The average molecular weight is 401 g/mol. The highest BCUT2D eigenvalue weighted by atomic mass is 32.1. The number of aryl methyl sites for hydroxylation is 1.